The molecule has 0 aromatic heterocycles. The number of ketones is 2. The first kappa shape index (κ1) is 20.3. The summed E-state index contributed by atoms with van der Waals surface area (Å²) in [6, 6.07) is 15.5. The number of para-hydroxylation sites is 1. The Morgan fingerprint density at radius 2 is 1.42 bits per heavy atom. The van der Waals surface area contributed by atoms with Crippen LogP contribution in [0.4, 0.5) is 11.4 Å². The van der Waals surface area contributed by atoms with Crippen molar-refractivity contribution in [3.8, 4) is 5.75 Å². The number of hydrogen-bond donors (Lipinski definition) is 3. The highest BCUT2D eigenvalue weighted by Crippen LogP contribution is 2.42. The van der Waals surface area contributed by atoms with Crippen molar-refractivity contribution in [3.63, 3.8) is 0 Å². The third kappa shape index (κ3) is 3.44. The van der Waals surface area contributed by atoms with Gasteiger partial charge in [-0.1, -0.05) is 42.5 Å². The molecule has 3 N–H and O–H groups in total. The summed E-state index contributed by atoms with van der Waals surface area (Å²) in [6.07, 6.45) is 0. The van der Waals surface area contributed by atoms with Gasteiger partial charge in [0.1, 0.15) is 10.6 Å². The second-order valence-electron chi connectivity index (χ2n) is 6.87. The van der Waals surface area contributed by atoms with E-state index in [0.717, 1.165) is 6.07 Å². The molecule has 0 atom stereocenters. The molecule has 0 heterocycles. The Morgan fingerprint density at radius 1 is 0.871 bits per heavy atom. The Kier molecular flexibility index (Phi) is 4.82. The summed E-state index contributed by atoms with van der Waals surface area (Å²) in [6.45, 7) is 0. The minimum Gasteiger partial charge on any atom is -0.506 e. The molecular formula is C22H15NO7S. The Hall–Kier alpha value is -3.98. The number of benzene rings is 3. The molecule has 9 heteroatoms. The molecule has 0 fully saturated rings. The van der Waals surface area contributed by atoms with Crippen molar-refractivity contribution in [2.24, 2.45) is 0 Å². The quantitative estimate of drug-likeness (QED) is 0.405. The van der Waals surface area contributed by atoms with Gasteiger partial charge in [-0.05, 0) is 18.2 Å². The topological polar surface area (TPSA) is 138 Å². The molecule has 1 aliphatic carbocycles. The van der Waals surface area contributed by atoms with Gasteiger partial charge >= 0.3 is 5.97 Å². The van der Waals surface area contributed by atoms with Crippen molar-refractivity contribution in [1.29, 1.82) is 0 Å². The van der Waals surface area contributed by atoms with Gasteiger partial charge in [0.25, 0.3) is 0 Å². The fourth-order valence-corrected chi connectivity index (χ4v) is 4.68. The molecule has 3 aromatic carbocycles. The van der Waals surface area contributed by atoms with Crippen molar-refractivity contribution in [1.82, 2.24) is 0 Å². The van der Waals surface area contributed by atoms with Crippen LogP contribution in [0.15, 0.2) is 65.6 Å². The Bertz CT molecular complexity index is 1360. The monoisotopic (exact) mass is 437 g/mol. The molecule has 1 aliphatic rings. The van der Waals surface area contributed by atoms with Crippen LogP contribution in [0.5, 0.6) is 5.75 Å². The molecule has 3 aromatic rings. The summed E-state index contributed by atoms with van der Waals surface area (Å²) in [7, 11) is -4.51. The summed E-state index contributed by atoms with van der Waals surface area (Å²) in [4.78, 5) is 36.6. The lowest BCUT2D eigenvalue weighted by atomic mass is 9.82. The Balaban J connectivity index is 2.02. The average Bonchev–Trinajstić information content (AvgIpc) is 2.72. The molecule has 0 unspecified atom stereocenters. The predicted molar refractivity (Wildman–Crippen MR) is 111 cm³/mol. The molecule has 31 heavy (non-hydrogen) atoms. The molecule has 0 aliphatic heterocycles. The number of sulfone groups is 1. The highest BCUT2D eigenvalue weighted by Gasteiger charge is 2.38. The number of carbonyl (C=O) groups is 3. The minimum absolute atomic E-state index is 0.0220. The van der Waals surface area contributed by atoms with Crippen molar-refractivity contribution < 1.29 is 33.0 Å². The van der Waals surface area contributed by atoms with Gasteiger partial charge in [-0.3, -0.25) is 14.4 Å². The fraction of sp³-hybridized carbons (Fsp3) is 0.0455. The van der Waals surface area contributed by atoms with Crippen LogP contribution in [0.3, 0.4) is 0 Å². The van der Waals surface area contributed by atoms with Gasteiger partial charge in [0.15, 0.2) is 27.2 Å². The molecular weight excluding hydrogens is 422 g/mol. The second-order valence-corrected chi connectivity index (χ2v) is 8.83. The third-order valence-electron chi connectivity index (χ3n) is 4.84. The second kappa shape index (κ2) is 7.37. The number of anilines is 2. The highest BCUT2D eigenvalue weighted by atomic mass is 32.2. The van der Waals surface area contributed by atoms with Gasteiger partial charge < -0.3 is 15.5 Å². The smallest absolute Gasteiger partial charge is 0.319 e. The van der Waals surface area contributed by atoms with E-state index in [4.69, 9.17) is 5.11 Å². The standard InChI is InChI=1S/C22H15NO7S/c24-17(25)11-31(29,30)16-10-15(23-12-6-2-1-3-7-12)18-19(22(16)28)21(27)14-9-5-4-8-13(14)20(18)26/h1-10,23,28H,11H2,(H,24,25). The van der Waals surface area contributed by atoms with Crippen LogP contribution in [0.2, 0.25) is 0 Å². The number of rotatable bonds is 5. The summed E-state index contributed by atoms with van der Waals surface area (Å²) in [5.41, 5.74) is -0.0507. The summed E-state index contributed by atoms with van der Waals surface area (Å²) < 4.78 is 25.2. The van der Waals surface area contributed by atoms with E-state index in [2.05, 4.69) is 5.32 Å². The van der Waals surface area contributed by atoms with Gasteiger partial charge in [-0.25, -0.2) is 8.42 Å². The van der Waals surface area contributed by atoms with Crippen molar-refractivity contribution in [2.75, 3.05) is 11.1 Å². The number of nitrogens with one attached hydrogen (secondary N) is 1. The van der Waals surface area contributed by atoms with E-state index in [1.165, 1.54) is 12.1 Å². The zero-order chi connectivity index (χ0) is 22.3. The third-order valence-corrected chi connectivity index (χ3v) is 6.45. The van der Waals surface area contributed by atoms with E-state index in [1.807, 2.05) is 0 Å². The molecule has 0 spiro atoms. The molecule has 0 saturated carbocycles. The lowest BCUT2D eigenvalue weighted by molar-refractivity contribution is -0.134. The number of aromatic hydroxyl groups is 1. The summed E-state index contributed by atoms with van der Waals surface area (Å²) in [5.74, 6) is -5.15. The first-order valence-corrected chi connectivity index (χ1v) is 10.7. The predicted octanol–water partition coefficient (Wildman–Crippen LogP) is 2.77. The van der Waals surface area contributed by atoms with Crippen LogP contribution in [0.25, 0.3) is 0 Å². The minimum atomic E-state index is -4.51. The Labute approximate surface area is 176 Å². The number of hydrogen-bond acceptors (Lipinski definition) is 7. The molecule has 0 amide bonds. The molecule has 0 bridgehead atoms. The number of aliphatic carboxylic acids is 1. The van der Waals surface area contributed by atoms with Crippen LogP contribution in [0.1, 0.15) is 31.8 Å². The van der Waals surface area contributed by atoms with E-state index in [9.17, 15) is 27.9 Å². The summed E-state index contributed by atoms with van der Waals surface area (Å²) >= 11 is 0. The number of phenolic OH excluding ortho intramolecular Hbond substituents is 1. The van der Waals surface area contributed by atoms with Crippen molar-refractivity contribution in [2.45, 2.75) is 4.90 Å². The van der Waals surface area contributed by atoms with E-state index >= 15 is 0 Å². The van der Waals surface area contributed by atoms with E-state index in [1.54, 1.807) is 42.5 Å². The number of fused-ring (bicyclic) bond motifs is 2. The van der Waals surface area contributed by atoms with Gasteiger partial charge in [0.2, 0.25) is 0 Å². The van der Waals surface area contributed by atoms with E-state index < -0.39 is 49.3 Å². The maximum Gasteiger partial charge on any atom is 0.319 e. The first-order chi connectivity index (χ1) is 14.7. The lowest BCUT2D eigenvalue weighted by Crippen LogP contribution is -2.24. The average molecular weight is 437 g/mol. The number of carbonyl (C=O) groups excluding carboxylic acids is 2. The van der Waals surface area contributed by atoms with Crippen LogP contribution in [0, 0.1) is 0 Å². The van der Waals surface area contributed by atoms with Crippen LogP contribution in [-0.4, -0.2) is 41.9 Å². The van der Waals surface area contributed by atoms with Crippen molar-refractivity contribution >= 4 is 38.7 Å². The molecule has 8 nitrogen and oxygen atoms in total. The van der Waals surface area contributed by atoms with E-state index in [0.29, 0.717) is 5.69 Å². The molecule has 4 rings (SSSR count). The van der Waals surface area contributed by atoms with Gasteiger partial charge in [0.05, 0.1) is 16.8 Å². The number of phenols is 1. The van der Waals surface area contributed by atoms with Crippen LogP contribution in [-0.2, 0) is 14.6 Å². The maximum absolute atomic E-state index is 13.2. The zero-order valence-electron chi connectivity index (χ0n) is 15.8. The van der Waals surface area contributed by atoms with Crippen LogP contribution >= 0.6 is 0 Å². The molecule has 0 radical (unpaired) electrons. The molecule has 156 valence electrons. The van der Waals surface area contributed by atoms with E-state index in [-0.39, 0.29) is 22.4 Å². The highest BCUT2D eigenvalue weighted by molar-refractivity contribution is 7.92. The largest absolute Gasteiger partial charge is 0.506 e. The fourth-order valence-electron chi connectivity index (χ4n) is 3.51. The van der Waals surface area contributed by atoms with Gasteiger partial charge in [-0.15, -0.1) is 0 Å². The van der Waals surface area contributed by atoms with Crippen molar-refractivity contribution in [3.05, 3.63) is 82.9 Å². The Morgan fingerprint density at radius 3 is 2.00 bits per heavy atom. The molecule has 0 saturated heterocycles. The first-order valence-electron chi connectivity index (χ1n) is 9.05. The number of carboxylic acid groups (broad SMARTS) is 1. The number of carboxylic acids is 1. The van der Waals surface area contributed by atoms with Gasteiger partial charge in [-0.2, -0.15) is 0 Å². The maximum atomic E-state index is 13.2. The van der Waals surface area contributed by atoms with Crippen LogP contribution < -0.4 is 5.32 Å². The normalized spacial score (nSPS) is 12.8. The zero-order valence-corrected chi connectivity index (χ0v) is 16.6. The lowest BCUT2D eigenvalue weighted by Gasteiger charge is -2.23. The summed E-state index contributed by atoms with van der Waals surface area (Å²) in [5, 5.41) is 22.6. The SMILES string of the molecule is O=C(O)CS(=O)(=O)c1cc(Nc2ccccc2)c2c(c1O)C(=O)c1ccccc1C2=O. The van der Waals surface area contributed by atoms with Gasteiger partial charge in [0, 0.05) is 16.8 Å².